The summed E-state index contributed by atoms with van der Waals surface area (Å²) in [6, 6.07) is 8.58. The lowest BCUT2D eigenvalue weighted by molar-refractivity contribution is -0.127. The molecule has 184 valence electrons. The van der Waals surface area contributed by atoms with Gasteiger partial charge in [-0.15, -0.1) is 0 Å². The van der Waals surface area contributed by atoms with Gasteiger partial charge in [0.1, 0.15) is 11.4 Å². The lowest BCUT2D eigenvalue weighted by Crippen LogP contribution is -2.51. The van der Waals surface area contributed by atoms with E-state index in [2.05, 4.69) is 12.1 Å². The van der Waals surface area contributed by atoms with Crippen molar-refractivity contribution in [1.29, 1.82) is 0 Å². The summed E-state index contributed by atoms with van der Waals surface area (Å²) in [7, 11) is 0. The first-order valence-electron chi connectivity index (χ1n) is 12.9. The first-order chi connectivity index (χ1) is 16.2. The molecule has 1 aromatic carbocycles. The number of rotatable bonds is 4. The van der Waals surface area contributed by atoms with Crippen LogP contribution in [0.1, 0.15) is 64.9 Å². The average molecular weight is 467 g/mol. The molecule has 34 heavy (non-hydrogen) atoms. The molecule has 5 fully saturated rings. The van der Waals surface area contributed by atoms with Crippen LogP contribution in [-0.2, 0) is 14.9 Å². The highest BCUT2D eigenvalue weighted by molar-refractivity contribution is 5.87. The molecule has 0 radical (unpaired) electrons. The monoisotopic (exact) mass is 466 g/mol. The van der Waals surface area contributed by atoms with E-state index in [9.17, 15) is 9.59 Å². The first-order valence-corrected chi connectivity index (χ1v) is 12.9. The molecule has 0 spiro atoms. The van der Waals surface area contributed by atoms with Crippen LogP contribution in [-0.4, -0.2) is 53.6 Å². The second kappa shape index (κ2) is 8.94. The van der Waals surface area contributed by atoms with Crippen LogP contribution in [0.25, 0.3) is 0 Å². The fourth-order valence-electron chi connectivity index (χ4n) is 7.06. The van der Waals surface area contributed by atoms with E-state index < -0.39 is 5.60 Å². The zero-order chi connectivity index (χ0) is 23.9. The van der Waals surface area contributed by atoms with Crippen molar-refractivity contribution < 1.29 is 19.1 Å². The van der Waals surface area contributed by atoms with Crippen molar-refractivity contribution in [3.63, 3.8) is 0 Å². The molecule has 0 atom stereocenters. The molecule has 0 N–H and O–H groups in total. The maximum Gasteiger partial charge on any atom is 0.410 e. The lowest BCUT2D eigenvalue weighted by atomic mass is 9.48. The molecular formula is C28H38N2O4. The Hall–Kier alpha value is -2.50. The van der Waals surface area contributed by atoms with E-state index in [1.54, 1.807) is 9.80 Å². The number of nitrogens with zero attached hydrogens (tertiary/aromatic N) is 2. The van der Waals surface area contributed by atoms with E-state index in [1.807, 2.05) is 32.9 Å². The van der Waals surface area contributed by atoms with Crippen molar-refractivity contribution in [2.75, 3.05) is 26.2 Å². The third-order valence-electron chi connectivity index (χ3n) is 8.16. The van der Waals surface area contributed by atoms with Crippen LogP contribution >= 0.6 is 0 Å². The zero-order valence-corrected chi connectivity index (χ0v) is 20.8. The number of hydrogen-bond donors (Lipinski definition) is 0. The summed E-state index contributed by atoms with van der Waals surface area (Å²) < 4.78 is 11.2. The van der Waals surface area contributed by atoms with Gasteiger partial charge in [-0.25, -0.2) is 4.79 Å². The molecule has 1 heterocycles. The number of carbonyl (C=O) groups is 2. The smallest absolute Gasteiger partial charge is 0.410 e. The molecule has 0 unspecified atom stereocenters. The molecule has 1 aliphatic heterocycles. The topological polar surface area (TPSA) is 59.1 Å². The Bertz CT molecular complexity index is 903. The van der Waals surface area contributed by atoms with Crippen LogP contribution in [0, 0.1) is 17.8 Å². The SMILES string of the molecule is CC(C)(C)OC(=O)N1CCN(C(=O)C=COc2ccc(C34CC5CC(CC(C5)C3)C4)cc2)CC1. The molecule has 6 heteroatoms. The third kappa shape index (κ3) is 4.96. The summed E-state index contributed by atoms with van der Waals surface area (Å²) in [6.45, 7) is 7.48. The molecule has 0 aromatic heterocycles. The van der Waals surface area contributed by atoms with E-state index in [1.165, 1.54) is 56.4 Å². The van der Waals surface area contributed by atoms with Gasteiger partial charge in [-0.3, -0.25) is 4.79 Å². The van der Waals surface area contributed by atoms with Gasteiger partial charge in [-0.05, 0) is 100 Å². The number of amides is 2. The maximum absolute atomic E-state index is 12.5. The molecule has 4 bridgehead atoms. The van der Waals surface area contributed by atoms with Gasteiger partial charge in [0.05, 0.1) is 6.26 Å². The number of hydrogen-bond acceptors (Lipinski definition) is 4. The highest BCUT2D eigenvalue weighted by Gasteiger charge is 2.51. The molecule has 6 rings (SSSR count). The molecule has 4 saturated carbocycles. The normalized spacial score (nSPS) is 30.6. The Morgan fingerprint density at radius 3 is 1.94 bits per heavy atom. The van der Waals surface area contributed by atoms with Gasteiger partial charge >= 0.3 is 6.09 Å². The summed E-state index contributed by atoms with van der Waals surface area (Å²) in [5, 5.41) is 0. The summed E-state index contributed by atoms with van der Waals surface area (Å²) in [6.07, 6.45) is 11.0. The van der Waals surface area contributed by atoms with Crippen molar-refractivity contribution in [1.82, 2.24) is 9.80 Å². The van der Waals surface area contributed by atoms with Crippen LogP contribution < -0.4 is 4.74 Å². The fourth-order valence-corrected chi connectivity index (χ4v) is 7.06. The van der Waals surface area contributed by atoms with Gasteiger partial charge < -0.3 is 19.3 Å². The van der Waals surface area contributed by atoms with Gasteiger partial charge in [0, 0.05) is 32.3 Å². The number of ether oxygens (including phenoxy) is 2. The summed E-state index contributed by atoms with van der Waals surface area (Å²) in [4.78, 5) is 28.1. The van der Waals surface area contributed by atoms with Crippen molar-refractivity contribution >= 4 is 12.0 Å². The molecule has 6 nitrogen and oxygen atoms in total. The standard InChI is InChI=1S/C28H38N2O4/c1-27(2,3)34-26(32)30-11-9-29(10-12-30)25(31)8-13-33-24-6-4-23(5-7-24)28-17-20-14-21(18-28)16-22(15-20)19-28/h4-8,13,20-22H,9-12,14-19H2,1-3H3. The Morgan fingerprint density at radius 1 is 0.882 bits per heavy atom. The maximum atomic E-state index is 12.5. The molecule has 2 amide bonds. The van der Waals surface area contributed by atoms with E-state index in [0.717, 1.165) is 23.5 Å². The van der Waals surface area contributed by atoms with Crippen LogP contribution in [0.3, 0.4) is 0 Å². The predicted octanol–water partition coefficient (Wildman–Crippen LogP) is 5.13. The van der Waals surface area contributed by atoms with Crippen LogP contribution in [0.2, 0.25) is 0 Å². The van der Waals surface area contributed by atoms with Crippen molar-refractivity contribution in [2.45, 2.75) is 70.3 Å². The Kier molecular flexibility index (Phi) is 6.11. The molecule has 1 saturated heterocycles. The zero-order valence-electron chi connectivity index (χ0n) is 20.8. The first kappa shape index (κ1) is 23.3. The molecule has 5 aliphatic rings. The Labute approximate surface area is 203 Å². The molecular weight excluding hydrogens is 428 g/mol. The number of piperazine rings is 1. The molecule has 1 aromatic rings. The van der Waals surface area contributed by atoms with Gasteiger partial charge in [0.2, 0.25) is 5.91 Å². The van der Waals surface area contributed by atoms with E-state index in [-0.39, 0.29) is 12.0 Å². The third-order valence-corrected chi connectivity index (χ3v) is 8.16. The minimum atomic E-state index is -0.516. The van der Waals surface area contributed by atoms with E-state index >= 15 is 0 Å². The predicted molar refractivity (Wildman–Crippen MR) is 130 cm³/mol. The van der Waals surface area contributed by atoms with E-state index in [4.69, 9.17) is 9.47 Å². The summed E-state index contributed by atoms with van der Waals surface area (Å²) in [5.74, 6) is 3.45. The molecule has 4 aliphatic carbocycles. The second-order valence-electron chi connectivity index (χ2n) is 11.9. The quantitative estimate of drug-likeness (QED) is 0.456. The average Bonchev–Trinajstić information content (AvgIpc) is 2.77. The van der Waals surface area contributed by atoms with Crippen LogP contribution in [0.15, 0.2) is 36.6 Å². The van der Waals surface area contributed by atoms with Gasteiger partial charge in [0.15, 0.2) is 0 Å². The minimum Gasteiger partial charge on any atom is -0.465 e. The summed E-state index contributed by atoms with van der Waals surface area (Å²) in [5.41, 5.74) is 1.35. The van der Waals surface area contributed by atoms with Crippen molar-refractivity contribution in [3.8, 4) is 5.75 Å². The van der Waals surface area contributed by atoms with Crippen LogP contribution in [0.5, 0.6) is 5.75 Å². The largest absolute Gasteiger partial charge is 0.465 e. The van der Waals surface area contributed by atoms with Gasteiger partial charge in [0.25, 0.3) is 0 Å². The fraction of sp³-hybridized carbons (Fsp3) is 0.643. The second-order valence-corrected chi connectivity index (χ2v) is 11.9. The lowest BCUT2D eigenvalue weighted by Gasteiger charge is -2.57. The Morgan fingerprint density at radius 2 is 1.41 bits per heavy atom. The van der Waals surface area contributed by atoms with Crippen LogP contribution in [0.4, 0.5) is 4.79 Å². The number of benzene rings is 1. The minimum absolute atomic E-state index is 0.103. The highest BCUT2D eigenvalue weighted by Crippen LogP contribution is 2.60. The number of carbonyl (C=O) groups excluding carboxylic acids is 2. The van der Waals surface area contributed by atoms with Gasteiger partial charge in [-0.1, -0.05) is 12.1 Å². The van der Waals surface area contributed by atoms with Crippen molar-refractivity contribution in [3.05, 3.63) is 42.2 Å². The van der Waals surface area contributed by atoms with Gasteiger partial charge in [-0.2, -0.15) is 0 Å². The van der Waals surface area contributed by atoms with Crippen molar-refractivity contribution in [2.24, 2.45) is 17.8 Å². The Balaban J connectivity index is 1.11. The summed E-state index contributed by atoms with van der Waals surface area (Å²) >= 11 is 0. The highest BCUT2D eigenvalue weighted by atomic mass is 16.6. The van der Waals surface area contributed by atoms with E-state index in [0.29, 0.717) is 31.6 Å².